The van der Waals surface area contributed by atoms with Crippen LogP contribution in [0.5, 0.6) is 0 Å². The summed E-state index contributed by atoms with van der Waals surface area (Å²) in [5.74, 6) is 0. The Balaban J connectivity index is 2.20. The van der Waals surface area contributed by atoms with Crippen LogP contribution in [0.15, 0.2) is 36.5 Å². The molecular weight excluding hydrogens is 281 g/mol. The molecule has 3 rings (SSSR count). The fourth-order valence-corrected chi connectivity index (χ4v) is 2.30. The molecule has 0 saturated carbocycles. The first-order chi connectivity index (χ1) is 9.06. The number of fused-ring (bicyclic) bond motifs is 1. The lowest BCUT2D eigenvalue weighted by molar-refractivity contribution is 1.10. The van der Waals surface area contributed by atoms with Crippen LogP contribution >= 0.6 is 23.2 Å². The number of nitrogen functional groups attached to an aromatic ring is 1. The molecule has 0 radical (unpaired) electrons. The van der Waals surface area contributed by atoms with Gasteiger partial charge >= 0.3 is 0 Å². The molecule has 0 saturated heterocycles. The summed E-state index contributed by atoms with van der Waals surface area (Å²) in [6, 6.07) is 9.23. The molecular formula is C14H11Cl2N3. The van der Waals surface area contributed by atoms with Crippen molar-refractivity contribution in [3.8, 4) is 11.3 Å². The number of hydrogen-bond acceptors (Lipinski definition) is 2. The van der Waals surface area contributed by atoms with Gasteiger partial charge in [0.25, 0.3) is 0 Å². The van der Waals surface area contributed by atoms with Gasteiger partial charge in [0, 0.05) is 17.5 Å². The van der Waals surface area contributed by atoms with Gasteiger partial charge in [-0.2, -0.15) is 0 Å². The number of aryl methyl sites for hydroxylation is 1. The minimum Gasteiger partial charge on any atom is -0.397 e. The molecule has 0 aliphatic carbocycles. The SMILES string of the molecule is Cc1c(N)ccc2nc(-c3ccc(Cl)c(Cl)c3)cn12. The Morgan fingerprint density at radius 3 is 2.63 bits per heavy atom. The third-order valence-electron chi connectivity index (χ3n) is 3.14. The highest BCUT2D eigenvalue weighted by Gasteiger charge is 2.08. The first-order valence-corrected chi connectivity index (χ1v) is 6.51. The average molecular weight is 292 g/mol. The Morgan fingerprint density at radius 2 is 1.89 bits per heavy atom. The van der Waals surface area contributed by atoms with Gasteiger partial charge in [-0.05, 0) is 31.2 Å². The van der Waals surface area contributed by atoms with E-state index in [0.29, 0.717) is 10.0 Å². The highest BCUT2D eigenvalue weighted by Crippen LogP contribution is 2.28. The summed E-state index contributed by atoms with van der Waals surface area (Å²) in [5.41, 5.74) is 10.2. The molecule has 3 nitrogen and oxygen atoms in total. The molecule has 0 bridgehead atoms. The maximum absolute atomic E-state index is 6.03. The van der Waals surface area contributed by atoms with Crippen LogP contribution in [0, 0.1) is 6.92 Å². The molecule has 2 aromatic heterocycles. The van der Waals surface area contributed by atoms with Crippen LogP contribution in [-0.2, 0) is 0 Å². The van der Waals surface area contributed by atoms with Crippen LogP contribution < -0.4 is 5.73 Å². The maximum Gasteiger partial charge on any atom is 0.137 e. The smallest absolute Gasteiger partial charge is 0.137 e. The zero-order valence-electron chi connectivity index (χ0n) is 10.2. The summed E-state index contributed by atoms with van der Waals surface area (Å²) in [6.07, 6.45) is 1.95. The molecule has 0 aliphatic heterocycles. The molecule has 0 atom stereocenters. The number of rotatable bonds is 1. The highest BCUT2D eigenvalue weighted by atomic mass is 35.5. The van der Waals surface area contributed by atoms with E-state index in [-0.39, 0.29) is 0 Å². The van der Waals surface area contributed by atoms with Gasteiger partial charge in [-0.15, -0.1) is 0 Å². The molecule has 2 heterocycles. The molecule has 1 aromatic carbocycles. The van der Waals surface area contributed by atoms with Gasteiger partial charge in [0.05, 0.1) is 21.4 Å². The monoisotopic (exact) mass is 291 g/mol. The second-order valence-electron chi connectivity index (χ2n) is 4.36. The summed E-state index contributed by atoms with van der Waals surface area (Å²) >= 11 is 12.0. The zero-order valence-corrected chi connectivity index (χ0v) is 11.7. The van der Waals surface area contributed by atoms with E-state index in [0.717, 1.165) is 28.3 Å². The number of hydrogen-bond donors (Lipinski definition) is 1. The van der Waals surface area contributed by atoms with Crippen LogP contribution in [0.3, 0.4) is 0 Å². The topological polar surface area (TPSA) is 43.3 Å². The lowest BCUT2D eigenvalue weighted by atomic mass is 10.2. The summed E-state index contributed by atoms with van der Waals surface area (Å²) in [4.78, 5) is 4.56. The van der Waals surface area contributed by atoms with Gasteiger partial charge in [-0.25, -0.2) is 4.98 Å². The molecule has 0 fully saturated rings. The number of aromatic nitrogens is 2. The van der Waals surface area contributed by atoms with E-state index in [1.807, 2.05) is 41.8 Å². The van der Waals surface area contributed by atoms with Gasteiger partial charge in [-0.3, -0.25) is 0 Å². The van der Waals surface area contributed by atoms with E-state index in [1.54, 1.807) is 6.07 Å². The number of pyridine rings is 1. The van der Waals surface area contributed by atoms with Gasteiger partial charge < -0.3 is 10.1 Å². The van der Waals surface area contributed by atoms with Crippen molar-refractivity contribution in [3.63, 3.8) is 0 Å². The second-order valence-corrected chi connectivity index (χ2v) is 5.17. The van der Waals surface area contributed by atoms with Crippen molar-refractivity contribution in [3.05, 3.63) is 52.3 Å². The molecule has 0 aliphatic rings. The number of nitrogens with zero attached hydrogens (tertiary/aromatic N) is 2. The van der Waals surface area contributed by atoms with Crippen LogP contribution in [0.2, 0.25) is 10.0 Å². The van der Waals surface area contributed by atoms with Crippen molar-refractivity contribution in [2.45, 2.75) is 6.92 Å². The summed E-state index contributed by atoms with van der Waals surface area (Å²) in [5, 5.41) is 1.06. The highest BCUT2D eigenvalue weighted by molar-refractivity contribution is 6.42. The average Bonchev–Trinajstić information content (AvgIpc) is 2.82. The minimum absolute atomic E-state index is 0.521. The summed E-state index contributed by atoms with van der Waals surface area (Å²) < 4.78 is 1.97. The molecule has 0 unspecified atom stereocenters. The summed E-state index contributed by atoms with van der Waals surface area (Å²) in [7, 11) is 0. The van der Waals surface area contributed by atoms with Crippen molar-refractivity contribution in [1.82, 2.24) is 9.38 Å². The fraction of sp³-hybridized carbons (Fsp3) is 0.0714. The van der Waals surface area contributed by atoms with Crippen molar-refractivity contribution < 1.29 is 0 Å². The predicted molar refractivity (Wildman–Crippen MR) is 79.8 cm³/mol. The standard InChI is InChI=1S/C14H11Cl2N3/c1-8-12(17)4-5-14-18-13(7-19(8)14)9-2-3-10(15)11(16)6-9/h2-7H,17H2,1H3. The number of benzene rings is 1. The Morgan fingerprint density at radius 1 is 1.11 bits per heavy atom. The Kier molecular flexibility index (Phi) is 2.88. The fourth-order valence-electron chi connectivity index (χ4n) is 2.00. The van der Waals surface area contributed by atoms with Gasteiger partial charge in [0.1, 0.15) is 5.65 Å². The molecule has 19 heavy (non-hydrogen) atoms. The third-order valence-corrected chi connectivity index (χ3v) is 3.88. The lowest BCUT2D eigenvalue weighted by Gasteiger charge is -2.02. The normalized spacial score (nSPS) is 11.1. The number of imidazole rings is 1. The van der Waals surface area contributed by atoms with E-state index in [9.17, 15) is 0 Å². The number of anilines is 1. The molecule has 2 N–H and O–H groups in total. The number of nitrogens with two attached hydrogens (primary N) is 1. The molecule has 96 valence electrons. The summed E-state index contributed by atoms with van der Waals surface area (Å²) in [6.45, 7) is 1.96. The van der Waals surface area contributed by atoms with Crippen LogP contribution in [0.1, 0.15) is 5.69 Å². The molecule has 0 spiro atoms. The van der Waals surface area contributed by atoms with Crippen LogP contribution in [-0.4, -0.2) is 9.38 Å². The lowest BCUT2D eigenvalue weighted by Crippen LogP contribution is -1.96. The van der Waals surface area contributed by atoms with Crippen LogP contribution in [0.4, 0.5) is 5.69 Å². The number of halogens is 2. The zero-order chi connectivity index (χ0) is 13.6. The first-order valence-electron chi connectivity index (χ1n) is 5.76. The van der Waals surface area contributed by atoms with E-state index in [2.05, 4.69) is 4.98 Å². The largest absolute Gasteiger partial charge is 0.397 e. The second kappa shape index (κ2) is 4.44. The molecule has 5 heteroatoms. The first kappa shape index (κ1) is 12.3. The predicted octanol–water partition coefficient (Wildman–Crippen LogP) is 4.20. The minimum atomic E-state index is 0.521. The van der Waals surface area contributed by atoms with Crippen molar-refractivity contribution >= 4 is 34.5 Å². The van der Waals surface area contributed by atoms with E-state index >= 15 is 0 Å². The van der Waals surface area contributed by atoms with Crippen molar-refractivity contribution in [2.24, 2.45) is 0 Å². The molecule has 3 aromatic rings. The van der Waals surface area contributed by atoms with E-state index in [4.69, 9.17) is 28.9 Å². The van der Waals surface area contributed by atoms with Crippen LogP contribution in [0.25, 0.3) is 16.9 Å². The Labute approximate surface area is 120 Å². The van der Waals surface area contributed by atoms with Gasteiger partial charge in [0.15, 0.2) is 0 Å². The van der Waals surface area contributed by atoms with Gasteiger partial charge in [0.2, 0.25) is 0 Å². The maximum atomic E-state index is 6.03. The molecule has 0 amide bonds. The Bertz CT molecular complexity index is 778. The van der Waals surface area contributed by atoms with Gasteiger partial charge in [-0.1, -0.05) is 29.3 Å². The van der Waals surface area contributed by atoms with E-state index < -0.39 is 0 Å². The Hall–Kier alpha value is -1.71. The third kappa shape index (κ3) is 2.05. The van der Waals surface area contributed by atoms with Crippen molar-refractivity contribution in [1.29, 1.82) is 0 Å². The van der Waals surface area contributed by atoms with Crippen molar-refractivity contribution in [2.75, 3.05) is 5.73 Å². The quantitative estimate of drug-likeness (QED) is 0.730. The van der Waals surface area contributed by atoms with E-state index in [1.165, 1.54) is 0 Å².